The molecule has 0 radical (unpaired) electrons. The molecule has 0 aromatic heterocycles. The van der Waals surface area contributed by atoms with Crippen molar-refractivity contribution in [2.75, 3.05) is 19.8 Å². The number of hydrogen-bond acceptors (Lipinski definition) is 4. The van der Waals surface area contributed by atoms with Crippen molar-refractivity contribution in [2.45, 2.75) is 25.0 Å². The van der Waals surface area contributed by atoms with Crippen LogP contribution < -0.4 is 0 Å². The van der Waals surface area contributed by atoms with Crippen LogP contribution in [0.4, 0.5) is 0 Å². The van der Waals surface area contributed by atoms with Gasteiger partial charge >= 0.3 is 0 Å². The molecule has 5 nitrogen and oxygen atoms in total. The molecule has 74 valence electrons. The predicted molar refractivity (Wildman–Crippen MR) is 43.8 cm³/mol. The minimum atomic E-state index is -0.458. The minimum absolute atomic E-state index is 0.0501. The van der Waals surface area contributed by atoms with Crippen LogP contribution in [0.25, 0.3) is 0 Å². The Morgan fingerprint density at radius 3 is 2.77 bits per heavy atom. The summed E-state index contributed by atoms with van der Waals surface area (Å²) in [5.74, 6) is -0.325. The number of nitrogens with zero attached hydrogens (tertiary/aromatic N) is 1. The van der Waals surface area contributed by atoms with Crippen molar-refractivity contribution in [2.24, 2.45) is 5.92 Å². The summed E-state index contributed by atoms with van der Waals surface area (Å²) >= 11 is 0. The molecule has 1 saturated heterocycles. The number of ether oxygens (including phenoxy) is 2. The van der Waals surface area contributed by atoms with E-state index in [1.807, 2.05) is 0 Å². The van der Waals surface area contributed by atoms with Crippen molar-refractivity contribution in [3.05, 3.63) is 10.1 Å². The summed E-state index contributed by atoms with van der Waals surface area (Å²) in [4.78, 5) is 10.0. The van der Waals surface area contributed by atoms with Crippen LogP contribution in [0.2, 0.25) is 0 Å². The van der Waals surface area contributed by atoms with Gasteiger partial charge in [-0.2, -0.15) is 0 Å². The molecule has 2 fully saturated rings. The predicted octanol–water partition coefficient (Wildman–Crippen LogP) is 0.806. The van der Waals surface area contributed by atoms with E-state index in [0.29, 0.717) is 19.6 Å². The highest BCUT2D eigenvalue weighted by Crippen LogP contribution is 2.40. The molecule has 0 unspecified atom stereocenters. The van der Waals surface area contributed by atoms with Gasteiger partial charge in [-0.15, -0.1) is 0 Å². The molecule has 0 aromatic carbocycles. The first-order valence-corrected chi connectivity index (χ1v) is 4.60. The van der Waals surface area contributed by atoms with E-state index in [9.17, 15) is 10.1 Å². The summed E-state index contributed by atoms with van der Waals surface area (Å²) in [6, 6.07) is 0. The van der Waals surface area contributed by atoms with Crippen molar-refractivity contribution in [1.82, 2.24) is 0 Å². The van der Waals surface area contributed by atoms with Crippen molar-refractivity contribution < 1.29 is 14.4 Å². The Morgan fingerprint density at radius 2 is 2.15 bits per heavy atom. The normalized spacial score (nSPS) is 31.2. The quantitative estimate of drug-likeness (QED) is 0.474. The fourth-order valence-corrected chi connectivity index (χ4v) is 2.19. The van der Waals surface area contributed by atoms with Gasteiger partial charge in [-0.3, -0.25) is 10.1 Å². The van der Waals surface area contributed by atoms with Gasteiger partial charge in [0, 0.05) is 23.7 Å². The van der Waals surface area contributed by atoms with Crippen LogP contribution in [0.15, 0.2) is 0 Å². The third-order valence-electron chi connectivity index (χ3n) is 2.75. The molecule has 1 aliphatic heterocycles. The van der Waals surface area contributed by atoms with Gasteiger partial charge in [0.05, 0.1) is 13.2 Å². The first-order chi connectivity index (χ1) is 6.20. The number of rotatable bonds is 2. The van der Waals surface area contributed by atoms with Crippen LogP contribution in [-0.2, 0) is 9.47 Å². The molecule has 13 heavy (non-hydrogen) atoms. The molecule has 0 bridgehead atoms. The van der Waals surface area contributed by atoms with Gasteiger partial charge in [0.2, 0.25) is 6.54 Å². The Hall–Kier alpha value is -0.680. The summed E-state index contributed by atoms with van der Waals surface area (Å²) in [6.45, 7) is 1.31. The van der Waals surface area contributed by atoms with Crippen LogP contribution in [0.1, 0.15) is 19.3 Å². The molecule has 1 saturated carbocycles. The zero-order valence-electron chi connectivity index (χ0n) is 7.40. The smallest absolute Gasteiger partial charge is 0.206 e. The Morgan fingerprint density at radius 1 is 1.46 bits per heavy atom. The van der Waals surface area contributed by atoms with E-state index in [0.717, 1.165) is 12.8 Å². The Labute approximate surface area is 76.2 Å². The largest absolute Gasteiger partial charge is 0.348 e. The first-order valence-electron chi connectivity index (χ1n) is 4.60. The van der Waals surface area contributed by atoms with E-state index >= 15 is 0 Å². The lowest BCUT2D eigenvalue weighted by molar-refractivity contribution is -0.488. The van der Waals surface area contributed by atoms with Crippen LogP contribution in [-0.4, -0.2) is 30.5 Å². The highest BCUT2D eigenvalue weighted by Gasteiger charge is 2.45. The molecule has 1 aliphatic carbocycles. The van der Waals surface area contributed by atoms with E-state index in [4.69, 9.17) is 9.47 Å². The molecule has 1 heterocycles. The molecule has 0 amide bonds. The molecule has 1 atom stereocenters. The van der Waals surface area contributed by atoms with E-state index in [-0.39, 0.29) is 17.4 Å². The maximum absolute atomic E-state index is 10.3. The Bertz CT molecular complexity index is 212. The summed E-state index contributed by atoms with van der Waals surface area (Å²) < 4.78 is 10.9. The van der Waals surface area contributed by atoms with Gasteiger partial charge in [-0.25, -0.2) is 0 Å². The van der Waals surface area contributed by atoms with Gasteiger partial charge in [0.25, 0.3) is 0 Å². The molecule has 1 spiro atoms. The lowest BCUT2D eigenvalue weighted by Gasteiger charge is -2.20. The highest BCUT2D eigenvalue weighted by molar-refractivity contribution is 4.85. The SMILES string of the molecule is O=[N+]([O-])C[C@@H]1CCC2(C1)OCCO2. The Balaban J connectivity index is 1.89. The van der Waals surface area contributed by atoms with Gasteiger partial charge in [-0.1, -0.05) is 0 Å². The highest BCUT2D eigenvalue weighted by atomic mass is 16.7. The van der Waals surface area contributed by atoms with Crippen molar-refractivity contribution >= 4 is 0 Å². The van der Waals surface area contributed by atoms with Gasteiger partial charge < -0.3 is 9.47 Å². The molecule has 0 N–H and O–H groups in total. The third-order valence-corrected chi connectivity index (χ3v) is 2.75. The maximum Gasteiger partial charge on any atom is 0.206 e. The van der Waals surface area contributed by atoms with E-state index in [1.165, 1.54) is 0 Å². The minimum Gasteiger partial charge on any atom is -0.348 e. The fourth-order valence-electron chi connectivity index (χ4n) is 2.19. The number of hydrogen-bond donors (Lipinski definition) is 0. The summed E-state index contributed by atoms with van der Waals surface area (Å²) in [6.07, 6.45) is 2.35. The van der Waals surface area contributed by atoms with Crippen LogP contribution in [0.3, 0.4) is 0 Å². The monoisotopic (exact) mass is 187 g/mol. The fraction of sp³-hybridized carbons (Fsp3) is 1.00. The van der Waals surface area contributed by atoms with Crippen molar-refractivity contribution in [3.8, 4) is 0 Å². The second-order valence-electron chi connectivity index (χ2n) is 3.73. The topological polar surface area (TPSA) is 61.6 Å². The van der Waals surface area contributed by atoms with E-state index in [1.54, 1.807) is 0 Å². The zero-order valence-corrected chi connectivity index (χ0v) is 7.40. The van der Waals surface area contributed by atoms with Crippen LogP contribution in [0, 0.1) is 16.0 Å². The average molecular weight is 187 g/mol. The van der Waals surface area contributed by atoms with Crippen LogP contribution in [0.5, 0.6) is 0 Å². The average Bonchev–Trinajstić information content (AvgIpc) is 2.63. The molecular formula is C8H13NO4. The van der Waals surface area contributed by atoms with Gasteiger partial charge in [0.15, 0.2) is 5.79 Å². The summed E-state index contributed by atoms with van der Waals surface area (Å²) in [5.41, 5.74) is 0. The lowest BCUT2D eigenvalue weighted by Crippen LogP contribution is -2.26. The first kappa shape index (κ1) is 8.90. The van der Waals surface area contributed by atoms with Crippen molar-refractivity contribution in [1.29, 1.82) is 0 Å². The molecule has 0 aromatic rings. The molecule has 2 aliphatic rings. The standard InChI is InChI=1S/C8H13NO4/c10-9(11)6-7-1-2-8(5-7)12-3-4-13-8/h7H,1-6H2/t7-/m1/s1. The zero-order chi connectivity index (χ0) is 9.31. The second kappa shape index (κ2) is 3.23. The molecular weight excluding hydrogens is 174 g/mol. The van der Waals surface area contributed by atoms with E-state index < -0.39 is 5.79 Å². The summed E-state index contributed by atoms with van der Waals surface area (Å²) in [5, 5.41) is 10.3. The lowest BCUT2D eigenvalue weighted by atomic mass is 10.1. The molecule has 2 rings (SSSR count). The third kappa shape index (κ3) is 1.81. The van der Waals surface area contributed by atoms with Gasteiger partial charge in [0.1, 0.15) is 0 Å². The van der Waals surface area contributed by atoms with Crippen LogP contribution >= 0.6 is 0 Å². The van der Waals surface area contributed by atoms with Gasteiger partial charge in [-0.05, 0) is 6.42 Å². The molecule has 5 heteroatoms. The maximum atomic E-state index is 10.3. The second-order valence-corrected chi connectivity index (χ2v) is 3.73. The van der Waals surface area contributed by atoms with Crippen molar-refractivity contribution in [3.63, 3.8) is 0 Å². The number of nitro groups is 1. The Kier molecular flexibility index (Phi) is 2.21. The summed E-state index contributed by atoms with van der Waals surface area (Å²) in [7, 11) is 0. The van der Waals surface area contributed by atoms with E-state index in [2.05, 4.69) is 0 Å².